The summed E-state index contributed by atoms with van der Waals surface area (Å²) in [7, 11) is 1.92. The molecule has 0 aliphatic rings. The smallest absolute Gasteiger partial charge is 0.309 e. The summed E-state index contributed by atoms with van der Waals surface area (Å²) in [5, 5.41) is 14.6. The molecule has 2 heterocycles. The number of hydrogen-bond donors (Lipinski definition) is 1. The molecule has 0 aliphatic heterocycles. The van der Waals surface area contributed by atoms with Crippen LogP contribution in [0.3, 0.4) is 0 Å². The molecule has 0 fully saturated rings. The fraction of sp³-hybridized carbons (Fsp3) is 0.364. The molecule has 0 saturated heterocycles. The van der Waals surface area contributed by atoms with Gasteiger partial charge in [0.2, 0.25) is 0 Å². The molecule has 0 aromatic carbocycles. The van der Waals surface area contributed by atoms with E-state index >= 15 is 0 Å². The van der Waals surface area contributed by atoms with Gasteiger partial charge in [0.25, 0.3) is 0 Å². The number of nitrogens with zero attached hydrogens (tertiary/aromatic N) is 3. The van der Waals surface area contributed by atoms with Crippen molar-refractivity contribution in [1.29, 1.82) is 0 Å². The number of thiazole rings is 1. The van der Waals surface area contributed by atoms with Gasteiger partial charge in [-0.3, -0.25) is 9.48 Å². The molecule has 7 heteroatoms. The first-order chi connectivity index (χ1) is 8.65. The van der Waals surface area contributed by atoms with Gasteiger partial charge in [-0.05, 0) is 12.5 Å². The van der Waals surface area contributed by atoms with E-state index in [4.69, 9.17) is 5.11 Å². The molecule has 96 valence electrons. The van der Waals surface area contributed by atoms with Crippen LogP contribution in [0.15, 0.2) is 22.0 Å². The van der Waals surface area contributed by atoms with Crippen LogP contribution < -0.4 is 0 Å². The third kappa shape index (κ3) is 3.58. The average molecular weight is 283 g/mol. The average Bonchev–Trinajstić information content (AvgIpc) is 2.89. The Hall–Kier alpha value is -1.34. The maximum atomic E-state index is 10.5. The highest BCUT2D eigenvalue weighted by molar-refractivity contribution is 8.01. The van der Waals surface area contributed by atoms with Gasteiger partial charge in [0.05, 0.1) is 12.1 Å². The minimum absolute atomic E-state index is 0.00120. The number of aromatic nitrogens is 3. The molecule has 0 saturated carbocycles. The predicted octanol–water partition coefficient (Wildman–Crippen LogP) is 1.84. The van der Waals surface area contributed by atoms with Crippen LogP contribution in [-0.2, 0) is 24.7 Å². The van der Waals surface area contributed by atoms with Crippen molar-refractivity contribution in [3.05, 3.63) is 29.0 Å². The second-order valence-corrected chi connectivity index (χ2v) is 5.92. The highest BCUT2D eigenvalue weighted by Crippen LogP contribution is 2.23. The number of hydrogen-bond acceptors (Lipinski definition) is 5. The summed E-state index contributed by atoms with van der Waals surface area (Å²) in [6.45, 7) is 0. The number of carboxylic acid groups (broad SMARTS) is 1. The first-order valence-corrected chi connectivity index (χ1v) is 7.27. The molecule has 0 atom stereocenters. The Morgan fingerprint density at radius 2 is 2.44 bits per heavy atom. The number of aliphatic carboxylic acids is 1. The summed E-state index contributed by atoms with van der Waals surface area (Å²) in [5.74, 6) is 0.0752. The van der Waals surface area contributed by atoms with Gasteiger partial charge >= 0.3 is 5.97 Å². The van der Waals surface area contributed by atoms with Crippen molar-refractivity contribution in [2.75, 3.05) is 5.75 Å². The Balaban J connectivity index is 1.82. The molecule has 5 nitrogen and oxygen atoms in total. The van der Waals surface area contributed by atoms with Gasteiger partial charge in [0, 0.05) is 30.1 Å². The fourth-order valence-corrected chi connectivity index (χ4v) is 3.36. The SMILES string of the molecule is Cn1nccc1CCSc1nc(CC(=O)O)cs1. The van der Waals surface area contributed by atoms with E-state index in [0.29, 0.717) is 5.69 Å². The summed E-state index contributed by atoms with van der Waals surface area (Å²) >= 11 is 3.15. The second kappa shape index (κ2) is 6.01. The van der Waals surface area contributed by atoms with E-state index in [1.165, 1.54) is 17.0 Å². The molecular formula is C11H13N3O2S2. The zero-order chi connectivity index (χ0) is 13.0. The molecule has 0 aliphatic carbocycles. The van der Waals surface area contributed by atoms with Crippen LogP contribution in [0.25, 0.3) is 0 Å². The lowest BCUT2D eigenvalue weighted by Gasteiger charge is -1.99. The molecule has 0 bridgehead atoms. The van der Waals surface area contributed by atoms with Gasteiger partial charge in [0.15, 0.2) is 0 Å². The monoisotopic (exact) mass is 283 g/mol. The predicted molar refractivity (Wildman–Crippen MR) is 71.1 cm³/mol. The maximum Gasteiger partial charge on any atom is 0.309 e. The van der Waals surface area contributed by atoms with Gasteiger partial charge in [-0.25, -0.2) is 4.98 Å². The van der Waals surface area contributed by atoms with Gasteiger partial charge in [0.1, 0.15) is 4.34 Å². The van der Waals surface area contributed by atoms with Gasteiger partial charge in [-0.2, -0.15) is 5.10 Å². The molecule has 0 unspecified atom stereocenters. The summed E-state index contributed by atoms with van der Waals surface area (Å²) in [4.78, 5) is 14.8. The van der Waals surface area contributed by atoms with Crippen LogP contribution in [-0.4, -0.2) is 31.6 Å². The highest BCUT2D eigenvalue weighted by atomic mass is 32.2. The Bertz CT molecular complexity index is 536. The lowest BCUT2D eigenvalue weighted by molar-refractivity contribution is -0.136. The molecule has 0 radical (unpaired) electrons. The molecule has 2 rings (SSSR count). The molecule has 2 aromatic rings. The maximum absolute atomic E-state index is 10.5. The van der Waals surface area contributed by atoms with E-state index in [2.05, 4.69) is 10.1 Å². The zero-order valence-corrected chi connectivity index (χ0v) is 11.5. The first-order valence-electron chi connectivity index (χ1n) is 5.41. The molecule has 0 amide bonds. The van der Waals surface area contributed by atoms with Crippen LogP contribution in [0.1, 0.15) is 11.4 Å². The van der Waals surface area contributed by atoms with Crippen molar-refractivity contribution in [2.45, 2.75) is 17.2 Å². The van der Waals surface area contributed by atoms with E-state index in [1.54, 1.807) is 23.3 Å². The Labute approximate surface area is 113 Å². The first kappa shape index (κ1) is 13.1. The topological polar surface area (TPSA) is 68.0 Å². The Morgan fingerprint density at radius 3 is 3.11 bits per heavy atom. The van der Waals surface area contributed by atoms with Crippen LogP contribution in [0, 0.1) is 0 Å². The van der Waals surface area contributed by atoms with E-state index < -0.39 is 5.97 Å². The third-order valence-electron chi connectivity index (χ3n) is 2.37. The molecule has 18 heavy (non-hydrogen) atoms. The van der Waals surface area contributed by atoms with Crippen molar-refractivity contribution >= 4 is 29.1 Å². The fourth-order valence-electron chi connectivity index (χ4n) is 1.48. The standard InChI is InChI=1S/C11H13N3O2S2/c1-14-9(2-4-12-14)3-5-17-11-13-8(7-18-11)6-10(15)16/h2,4,7H,3,5-6H2,1H3,(H,15,16). The quantitative estimate of drug-likeness (QED) is 0.819. The van der Waals surface area contributed by atoms with Crippen LogP contribution in [0.2, 0.25) is 0 Å². The molecule has 2 aromatic heterocycles. The molecule has 0 spiro atoms. The van der Waals surface area contributed by atoms with Crippen LogP contribution in [0.4, 0.5) is 0 Å². The van der Waals surface area contributed by atoms with Crippen molar-refractivity contribution in [3.8, 4) is 0 Å². The lowest BCUT2D eigenvalue weighted by atomic mass is 10.3. The van der Waals surface area contributed by atoms with E-state index in [0.717, 1.165) is 16.5 Å². The summed E-state index contributed by atoms with van der Waals surface area (Å²) < 4.78 is 2.78. The third-order valence-corrected chi connectivity index (χ3v) is 4.44. The van der Waals surface area contributed by atoms with Crippen molar-refractivity contribution in [1.82, 2.24) is 14.8 Å². The van der Waals surface area contributed by atoms with E-state index in [-0.39, 0.29) is 6.42 Å². The second-order valence-electron chi connectivity index (χ2n) is 3.72. The van der Waals surface area contributed by atoms with E-state index in [9.17, 15) is 4.79 Å². The van der Waals surface area contributed by atoms with Crippen molar-refractivity contribution in [2.24, 2.45) is 7.05 Å². The van der Waals surface area contributed by atoms with E-state index in [1.807, 2.05) is 17.8 Å². The van der Waals surface area contributed by atoms with Gasteiger partial charge < -0.3 is 5.11 Å². The minimum atomic E-state index is -0.841. The largest absolute Gasteiger partial charge is 0.481 e. The van der Waals surface area contributed by atoms with Crippen LogP contribution >= 0.6 is 23.1 Å². The lowest BCUT2D eigenvalue weighted by Crippen LogP contribution is -2.00. The number of carbonyl (C=O) groups is 1. The molecular weight excluding hydrogens is 270 g/mol. The number of aryl methyl sites for hydroxylation is 2. The normalized spacial score (nSPS) is 10.7. The van der Waals surface area contributed by atoms with Gasteiger partial charge in [-0.1, -0.05) is 11.8 Å². The van der Waals surface area contributed by atoms with Gasteiger partial charge in [-0.15, -0.1) is 11.3 Å². The number of carboxylic acids is 1. The number of rotatable bonds is 6. The summed E-state index contributed by atoms with van der Waals surface area (Å²) in [6, 6.07) is 2.00. The minimum Gasteiger partial charge on any atom is -0.481 e. The Kier molecular flexibility index (Phi) is 4.38. The summed E-state index contributed by atoms with van der Waals surface area (Å²) in [5.41, 5.74) is 1.82. The Morgan fingerprint density at radius 1 is 1.61 bits per heavy atom. The van der Waals surface area contributed by atoms with Crippen molar-refractivity contribution in [3.63, 3.8) is 0 Å². The summed E-state index contributed by atoms with van der Waals surface area (Å²) in [6.07, 6.45) is 2.71. The molecule has 1 N–H and O–H groups in total. The zero-order valence-electron chi connectivity index (χ0n) is 9.87. The highest BCUT2D eigenvalue weighted by Gasteiger charge is 2.07. The van der Waals surface area contributed by atoms with Crippen LogP contribution in [0.5, 0.6) is 0 Å². The number of thioether (sulfide) groups is 1. The van der Waals surface area contributed by atoms with Crippen molar-refractivity contribution < 1.29 is 9.90 Å².